The third-order valence-electron chi connectivity index (χ3n) is 2.86. The van der Waals surface area contributed by atoms with Crippen LogP contribution in [-0.4, -0.2) is 32.4 Å². The maximum absolute atomic E-state index is 12.6. The number of nitrogens with two attached hydrogens (primary N) is 1. The number of rotatable bonds is 5. The standard InChI is InChI=1S/C15H19N3O2S/c1-3-18(12-13(2)11-17)21(19,20)15-8-4-6-14(10-15)7-5-9-16/h4,6,8,10,13H,3,9,12,16H2,1-2H3. The normalized spacial score (nSPS) is 12.3. The van der Waals surface area contributed by atoms with Crippen LogP contribution in [0.15, 0.2) is 29.2 Å². The van der Waals surface area contributed by atoms with Crippen LogP contribution in [0.5, 0.6) is 0 Å². The summed E-state index contributed by atoms with van der Waals surface area (Å²) in [7, 11) is -3.62. The lowest BCUT2D eigenvalue weighted by Gasteiger charge is -2.21. The van der Waals surface area contributed by atoms with Gasteiger partial charge in [0.05, 0.1) is 23.4 Å². The molecule has 0 heterocycles. The van der Waals surface area contributed by atoms with Crippen LogP contribution in [0.1, 0.15) is 19.4 Å². The van der Waals surface area contributed by atoms with Gasteiger partial charge >= 0.3 is 0 Å². The van der Waals surface area contributed by atoms with Gasteiger partial charge in [0, 0.05) is 18.7 Å². The van der Waals surface area contributed by atoms with E-state index < -0.39 is 10.0 Å². The molecule has 0 aromatic heterocycles. The first-order valence-electron chi connectivity index (χ1n) is 6.64. The van der Waals surface area contributed by atoms with Crippen molar-refractivity contribution in [2.24, 2.45) is 11.7 Å². The van der Waals surface area contributed by atoms with E-state index in [9.17, 15) is 8.42 Å². The highest BCUT2D eigenvalue weighted by atomic mass is 32.2. The Labute approximate surface area is 126 Å². The highest BCUT2D eigenvalue weighted by Crippen LogP contribution is 2.18. The fraction of sp³-hybridized carbons (Fsp3) is 0.400. The van der Waals surface area contributed by atoms with Gasteiger partial charge in [-0.05, 0) is 25.1 Å². The van der Waals surface area contributed by atoms with E-state index in [1.54, 1.807) is 26.0 Å². The smallest absolute Gasteiger partial charge is 0.243 e. The molecular weight excluding hydrogens is 286 g/mol. The molecule has 0 fully saturated rings. The van der Waals surface area contributed by atoms with Crippen LogP contribution in [0, 0.1) is 29.1 Å². The van der Waals surface area contributed by atoms with E-state index in [-0.39, 0.29) is 23.9 Å². The summed E-state index contributed by atoms with van der Waals surface area (Å²) in [6.45, 7) is 4.15. The molecule has 1 unspecified atom stereocenters. The van der Waals surface area contributed by atoms with Crippen LogP contribution in [0.2, 0.25) is 0 Å². The molecule has 112 valence electrons. The molecule has 0 aliphatic heterocycles. The van der Waals surface area contributed by atoms with Crippen molar-refractivity contribution >= 4 is 10.0 Å². The highest BCUT2D eigenvalue weighted by molar-refractivity contribution is 7.89. The third-order valence-corrected chi connectivity index (χ3v) is 4.79. The number of nitrogens with zero attached hydrogens (tertiary/aromatic N) is 2. The van der Waals surface area contributed by atoms with Crippen molar-refractivity contribution in [3.05, 3.63) is 29.8 Å². The zero-order valence-corrected chi connectivity index (χ0v) is 13.0. The summed E-state index contributed by atoms with van der Waals surface area (Å²) >= 11 is 0. The highest BCUT2D eigenvalue weighted by Gasteiger charge is 2.24. The molecule has 0 aliphatic rings. The quantitative estimate of drug-likeness (QED) is 0.827. The van der Waals surface area contributed by atoms with Crippen LogP contribution in [0.25, 0.3) is 0 Å². The van der Waals surface area contributed by atoms with Crippen molar-refractivity contribution in [2.75, 3.05) is 19.6 Å². The molecule has 6 heteroatoms. The van der Waals surface area contributed by atoms with Crippen LogP contribution < -0.4 is 5.73 Å². The molecule has 5 nitrogen and oxygen atoms in total. The topological polar surface area (TPSA) is 87.2 Å². The van der Waals surface area contributed by atoms with Crippen molar-refractivity contribution in [1.29, 1.82) is 5.26 Å². The van der Waals surface area contributed by atoms with Gasteiger partial charge in [0.1, 0.15) is 0 Å². The molecule has 0 bridgehead atoms. The molecule has 1 aromatic carbocycles. The average molecular weight is 305 g/mol. The summed E-state index contributed by atoms with van der Waals surface area (Å²) in [6, 6.07) is 8.49. The molecule has 21 heavy (non-hydrogen) atoms. The molecule has 0 aliphatic carbocycles. The van der Waals surface area contributed by atoms with Crippen molar-refractivity contribution in [1.82, 2.24) is 4.31 Å². The Balaban J connectivity index is 3.14. The minimum atomic E-state index is -3.62. The second-order valence-electron chi connectivity index (χ2n) is 4.52. The first-order valence-corrected chi connectivity index (χ1v) is 8.08. The van der Waals surface area contributed by atoms with E-state index in [1.807, 2.05) is 0 Å². The maximum Gasteiger partial charge on any atom is 0.243 e. The summed E-state index contributed by atoms with van der Waals surface area (Å²) in [5.74, 6) is 5.15. The molecule has 0 spiro atoms. The molecular formula is C15H19N3O2S. The van der Waals surface area contributed by atoms with E-state index in [4.69, 9.17) is 11.0 Å². The van der Waals surface area contributed by atoms with Gasteiger partial charge < -0.3 is 5.73 Å². The SMILES string of the molecule is CCN(CC(C)C#N)S(=O)(=O)c1cccc(C#CCN)c1. The van der Waals surface area contributed by atoms with Gasteiger partial charge in [-0.25, -0.2) is 8.42 Å². The molecule has 0 saturated carbocycles. The van der Waals surface area contributed by atoms with Crippen LogP contribution in [0.4, 0.5) is 0 Å². The molecule has 1 aromatic rings. The Morgan fingerprint density at radius 1 is 1.43 bits per heavy atom. The van der Waals surface area contributed by atoms with E-state index in [1.165, 1.54) is 16.4 Å². The fourth-order valence-electron chi connectivity index (χ4n) is 1.78. The van der Waals surface area contributed by atoms with Gasteiger partial charge in [-0.3, -0.25) is 0 Å². The lowest BCUT2D eigenvalue weighted by Crippen LogP contribution is -2.34. The molecule has 1 rings (SSSR count). The van der Waals surface area contributed by atoms with Gasteiger partial charge in [0.25, 0.3) is 0 Å². The zero-order valence-electron chi connectivity index (χ0n) is 12.2. The van der Waals surface area contributed by atoms with Crippen LogP contribution in [0.3, 0.4) is 0 Å². The summed E-state index contributed by atoms with van der Waals surface area (Å²) in [5.41, 5.74) is 5.91. The van der Waals surface area contributed by atoms with E-state index in [0.29, 0.717) is 12.1 Å². The Morgan fingerprint density at radius 3 is 2.71 bits per heavy atom. The van der Waals surface area contributed by atoms with Crippen molar-refractivity contribution in [3.8, 4) is 17.9 Å². The molecule has 0 amide bonds. The number of nitriles is 1. The first-order chi connectivity index (χ1) is 9.95. The Kier molecular flexibility index (Phi) is 6.39. The van der Waals surface area contributed by atoms with Gasteiger partial charge in [-0.2, -0.15) is 9.57 Å². The summed E-state index contributed by atoms with van der Waals surface area (Å²) in [5, 5.41) is 8.86. The minimum absolute atomic E-state index is 0.175. The fourth-order valence-corrected chi connectivity index (χ4v) is 3.36. The molecule has 1 atom stereocenters. The Hall–Kier alpha value is -1.86. The van der Waals surface area contributed by atoms with Gasteiger partial charge in [0.15, 0.2) is 0 Å². The van der Waals surface area contributed by atoms with Crippen molar-refractivity contribution in [3.63, 3.8) is 0 Å². The second kappa shape index (κ2) is 7.80. The predicted octanol–water partition coefficient (Wildman–Crippen LogP) is 1.17. The summed E-state index contributed by atoms with van der Waals surface area (Å²) in [6.07, 6.45) is 0. The van der Waals surface area contributed by atoms with Gasteiger partial charge in [-0.1, -0.05) is 24.8 Å². The third kappa shape index (κ3) is 4.57. The van der Waals surface area contributed by atoms with Gasteiger partial charge in [-0.15, -0.1) is 0 Å². The first kappa shape index (κ1) is 17.2. The lowest BCUT2D eigenvalue weighted by molar-refractivity contribution is 0.400. The van der Waals surface area contributed by atoms with E-state index in [0.717, 1.165) is 0 Å². The molecule has 0 saturated heterocycles. The maximum atomic E-state index is 12.6. The Bertz CT molecular complexity index is 681. The largest absolute Gasteiger partial charge is 0.320 e. The van der Waals surface area contributed by atoms with E-state index in [2.05, 4.69) is 17.9 Å². The van der Waals surface area contributed by atoms with Crippen molar-refractivity contribution < 1.29 is 8.42 Å². The predicted molar refractivity (Wildman–Crippen MR) is 81.6 cm³/mol. The van der Waals surface area contributed by atoms with Crippen molar-refractivity contribution in [2.45, 2.75) is 18.7 Å². The number of hydrogen-bond donors (Lipinski definition) is 1. The molecule has 0 radical (unpaired) electrons. The summed E-state index contributed by atoms with van der Waals surface area (Å²) in [4.78, 5) is 0.179. The molecule has 2 N–H and O–H groups in total. The number of hydrogen-bond acceptors (Lipinski definition) is 4. The summed E-state index contributed by atoms with van der Waals surface area (Å²) < 4.78 is 26.5. The second-order valence-corrected chi connectivity index (χ2v) is 6.46. The number of benzene rings is 1. The van der Waals surface area contributed by atoms with E-state index >= 15 is 0 Å². The Morgan fingerprint density at radius 2 is 2.14 bits per heavy atom. The number of sulfonamides is 1. The van der Waals surface area contributed by atoms with Gasteiger partial charge in [0.2, 0.25) is 10.0 Å². The lowest BCUT2D eigenvalue weighted by atomic mass is 10.2. The van der Waals surface area contributed by atoms with Crippen LogP contribution in [-0.2, 0) is 10.0 Å². The zero-order chi connectivity index (χ0) is 15.9. The minimum Gasteiger partial charge on any atom is -0.320 e. The van der Waals surface area contributed by atoms with Crippen LogP contribution >= 0.6 is 0 Å². The monoisotopic (exact) mass is 305 g/mol. The average Bonchev–Trinajstić information content (AvgIpc) is 2.50.